The third-order valence-corrected chi connectivity index (χ3v) is 4.43. The predicted molar refractivity (Wildman–Crippen MR) is 106 cm³/mol. The summed E-state index contributed by atoms with van der Waals surface area (Å²) in [6.45, 7) is 5.52. The van der Waals surface area contributed by atoms with Crippen molar-refractivity contribution in [2.24, 2.45) is 10.9 Å². The molecule has 26 heavy (non-hydrogen) atoms. The van der Waals surface area contributed by atoms with Crippen LogP contribution in [0.4, 0.5) is 0 Å². The smallest absolute Gasteiger partial charge is 0.119 e. The van der Waals surface area contributed by atoms with Crippen LogP contribution in [0.15, 0.2) is 59.6 Å². The Bertz CT molecular complexity index is 700. The number of amidine groups is 1. The molecule has 1 aliphatic rings. The summed E-state index contributed by atoms with van der Waals surface area (Å²) in [6, 6.07) is 18.3. The van der Waals surface area contributed by atoms with Crippen LogP contribution >= 0.6 is 0 Å². The van der Waals surface area contributed by atoms with Gasteiger partial charge in [-0.2, -0.15) is 0 Å². The molecule has 0 fully saturated rings. The fourth-order valence-electron chi connectivity index (χ4n) is 3.06. The van der Waals surface area contributed by atoms with Gasteiger partial charge in [0.1, 0.15) is 11.5 Å². The van der Waals surface area contributed by atoms with E-state index in [-0.39, 0.29) is 0 Å². The van der Waals surface area contributed by atoms with Gasteiger partial charge in [-0.25, -0.2) is 0 Å². The molecule has 1 heterocycles. The lowest BCUT2D eigenvalue weighted by Gasteiger charge is -2.13. The van der Waals surface area contributed by atoms with Crippen molar-refractivity contribution in [3.05, 3.63) is 60.2 Å². The van der Waals surface area contributed by atoms with Gasteiger partial charge >= 0.3 is 0 Å². The summed E-state index contributed by atoms with van der Waals surface area (Å²) in [6.07, 6.45) is 2.94. The zero-order valence-electron chi connectivity index (χ0n) is 15.5. The van der Waals surface area contributed by atoms with E-state index < -0.39 is 0 Å². The van der Waals surface area contributed by atoms with E-state index in [1.54, 1.807) is 0 Å². The summed E-state index contributed by atoms with van der Waals surface area (Å²) in [7, 11) is 0. The molecule has 0 spiro atoms. The number of aliphatic imine (C=N–C) groups is 1. The average Bonchev–Trinajstić information content (AvgIpc) is 3.21. The maximum atomic E-state index is 5.90. The lowest BCUT2D eigenvalue weighted by Crippen LogP contribution is -2.26. The number of para-hydroxylation sites is 1. The standard InChI is InChI=1S/C22H28N2O2/c1-18(22-23-12-13-24-22)16-19-8-7-11-21(17-19)26-15-6-5-14-25-20-9-3-2-4-10-20/h2-4,7-11,17-18H,5-6,12-16H2,1H3,(H,23,24)/t18-/m0/s1. The highest BCUT2D eigenvalue weighted by Gasteiger charge is 2.14. The number of hydrogen-bond donors (Lipinski definition) is 1. The topological polar surface area (TPSA) is 42.9 Å². The first-order valence-corrected chi connectivity index (χ1v) is 9.49. The molecule has 138 valence electrons. The van der Waals surface area contributed by atoms with Crippen molar-refractivity contribution in [2.75, 3.05) is 26.3 Å². The Balaban J connectivity index is 1.35. The zero-order valence-corrected chi connectivity index (χ0v) is 15.5. The molecule has 0 bridgehead atoms. The molecule has 3 rings (SSSR count). The van der Waals surface area contributed by atoms with E-state index in [0.717, 1.165) is 56.3 Å². The van der Waals surface area contributed by atoms with Crippen molar-refractivity contribution in [1.29, 1.82) is 0 Å². The monoisotopic (exact) mass is 352 g/mol. The van der Waals surface area contributed by atoms with Crippen LogP contribution in [0, 0.1) is 5.92 Å². The number of unbranched alkanes of at least 4 members (excludes halogenated alkanes) is 1. The quantitative estimate of drug-likeness (QED) is 0.655. The Labute approximate surface area is 156 Å². The van der Waals surface area contributed by atoms with E-state index in [1.807, 2.05) is 36.4 Å². The van der Waals surface area contributed by atoms with Gasteiger partial charge in [-0.3, -0.25) is 4.99 Å². The Morgan fingerprint density at radius 3 is 2.42 bits per heavy atom. The molecule has 1 atom stereocenters. The molecule has 0 saturated heterocycles. The van der Waals surface area contributed by atoms with Crippen LogP contribution in [-0.2, 0) is 6.42 Å². The molecule has 1 aliphatic heterocycles. The molecule has 4 heteroatoms. The van der Waals surface area contributed by atoms with Crippen LogP contribution in [-0.4, -0.2) is 32.1 Å². The van der Waals surface area contributed by atoms with Crippen molar-refractivity contribution in [2.45, 2.75) is 26.2 Å². The number of nitrogens with one attached hydrogen (secondary N) is 1. The summed E-state index contributed by atoms with van der Waals surface area (Å²) in [5.74, 6) is 3.43. The molecule has 1 N–H and O–H groups in total. The van der Waals surface area contributed by atoms with Crippen molar-refractivity contribution >= 4 is 5.84 Å². The lowest BCUT2D eigenvalue weighted by molar-refractivity contribution is 0.266. The maximum Gasteiger partial charge on any atom is 0.119 e. The van der Waals surface area contributed by atoms with Gasteiger partial charge in [-0.1, -0.05) is 37.3 Å². The molecule has 0 unspecified atom stereocenters. The molecule has 0 amide bonds. The highest BCUT2D eigenvalue weighted by Crippen LogP contribution is 2.18. The minimum Gasteiger partial charge on any atom is -0.494 e. The third kappa shape index (κ3) is 5.80. The minimum atomic E-state index is 0.419. The third-order valence-electron chi connectivity index (χ3n) is 4.43. The summed E-state index contributed by atoms with van der Waals surface area (Å²) in [4.78, 5) is 4.52. The summed E-state index contributed by atoms with van der Waals surface area (Å²) >= 11 is 0. The van der Waals surface area contributed by atoms with Gasteiger partial charge in [0, 0.05) is 12.5 Å². The second-order valence-corrected chi connectivity index (χ2v) is 6.66. The number of hydrogen-bond acceptors (Lipinski definition) is 4. The fraction of sp³-hybridized carbons (Fsp3) is 0.409. The van der Waals surface area contributed by atoms with E-state index in [0.29, 0.717) is 12.5 Å². The van der Waals surface area contributed by atoms with Crippen molar-refractivity contribution in [1.82, 2.24) is 5.32 Å². The average molecular weight is 352 g/mol. The van der Waals surface area contributed by atoms with Gasteiger partial charge in [0.15, 0.2) is 0 Å². The van der Waals surface area contributed by atoms with Gasteiger partial charge < -0.3 is 14.8 Å². The van der Waals surface area contributed by atoms with Gasteiger partial charge in [0.2, 0.25) is 0 Å². The molecule has 0 aliphatic carbocycles. The van der Waals surface area contributed by atoms with Crippen molar-refractivity contribution in [3.63, 3.8) is 0 Å². The van der Waals surface area contributed by atoms with Crippen LogP contribution in [0.2, 0.25) is 0 Å². The first kappa shape index (κ1) is 18.3. The molecule has 0 radical (unpaired) electrons. The Morgan fingerprint density at radius 2 is 1.69 bits per heavy atom. The Hall–Kier alpha value is -2.49. The van der Waals surface area contributed by atoms with E-state index in [2.05, 4.69) is 35.4 Å². The minimum absolute atomic E-state index is 0.419. The highest BCUT2D eigenvalue weighted by atomic mass is 16.5. The highest BCUT2D eigenvalue weighted by molar-refractivity contribution is 5.85. The summed E-state index contributed by atoms with van der Waals surface area (Å²) < 4.78 is 11.6. The Morgan fingerprint density at radius 1 is 0.962 bits per heavy atom. The molecule has 0 aromatic heterocycles. The first-order chi connectivity index (χ1) is 12.8. The van der Waals surface area contributed by atoms with Crippen molar-refractivity contribution < 1.29 is 9.47 Å². The molecule has 2 aromatic carbocycles. The number of ether oxygens (including phenoxy) is 2. The molecule has 4 nitrogen and oxygen atoms in total. The van der Waals surface area contributed by atoms with E-state index in [4.69, 9.17) is 9.47 Å². The van der Waals surface area contributed by atoms with Crippen LogP contribution in [0.3, 0.4) is 0 Å². The fourth-order valence-corrected chi connectivity index (χ4v) is 3.06. The number of nitrogens with zero attached hydrogens (tertiary/aromatic N) is 1. The van der Waals surface area contributed by atoms with Gasteiger partial charge in [-0.15, -0.1) is 0 Å². The summed E-state index contributed by atoms with van der Waals surface area (Å²) in [5.41, 5.74) is 1.29. The normalized spacial score (nSPS) is 14.4. The molecule has 2 aromatic rings. The molecular weight excluding hydrogens is 324 g/mol. The SMILES string of the molecule is C[C@@H](Cc1cccc(OCCCCOc2ccccc2)c1)C1=NCCN1. The Kier molecular flexibility index (Phi) is 6.94. The van der Waals surface area contributed by atoms with Crippen molar-refractivity contribution in [3.8, 4) is 11.5 Å². The van der Waals surface area contributed by atoms with E-state index in [1.165, 1.54) is 5.56 Å². The lowest BCUT2D eigenvalue weighted by atomic mass is 10.00. The molecular formula is C22H28N2O2. The number of rotatable bonds is 10. The summed E-state index contributed by atoms with van der Waals surface area (Å²) in [5, 5.41) is 3.36. The zero-order chi connectivity index (χ0) is 18.0. The van der Waals surface area contributed by atoms with Gasteiger partial charge in [0.25, 0.3) is 0 Å². The largest absolute Gasteiger partial charge is 0.494 e. The van der Waals surface area contributed by atoms with E-state index >= 15 is 0 Å². The van der Waals surface area contributed by atoms with Gasteiger partial charge in [-0.05, 0) is 49.1 Å². The van der Waals surface area contributed by atoms with Crippen LogP contribution in [0.1, 0.15) is 25.3 Å². The van der Waals surface area contributed by atoms with Crippen LogP contribution < -0.4 is 14.8 Å². The predicted octanol–water partition coefficient (Wildman–Crippen LogP) is 4.10. The second-order valence-electron chi connectivity index (χ2n) is 6.66. The molecule has 0 saturated carbocycles. The first-order valence-electron chi connectivity index (χ1n) is 9.49. The second kappa shape index (κ2) is 9.85. The van der Waals surface area contributed by atoms with E-state index in [9.17, 15) is 0 Å². The van der Waals surface area contributed by atoms with Crippen LogP contribution in [0.5, 0.6) is 11.5 Å². The number of benzene rings is 2. The maximum absolute atomic E-state index is 5.90. The van der Waals surface area contributed by atoms with Gasteiger partial charge in [0.05, 0.1) is 25.6 Å². The van der Waals surface area contributed by atoms with Crippen LogP contribution in [0.25, 0.3) is 0 Å².